The fourth-order valence-electron chi connectivity index (χ4n) is 3.12. The highest BCUT2D eigenvalue weighted by Crippen LogP contribution is 2.34. The molecular formula is C19H18FNO5. The lowest BCUT2D eigenvalue weighted by Crippen LogP contribution is -2.36. The molecule has 0 radical (unpaired) electrons. The topological polar surface area (TPSA) is 76.1 Å². The van der Waals surface area contributed by atoms with Gasteiger partial charge in [-0.3, -0.25) is 4.79 Å². The first-order valence-corrected chi connectivity index (χ1v) is 8.01. The van der Waals surface area contributed by atoms with Crippen LogP contribution in [0.5, 0.6) is 11.5 Å². The molecule has 0 bridgehead atoms. The largest absolute Gasteiger partial charge is 0.493 e. The molecule has 0 fully saturated rings. The molecular weight excluding hydrogens is 341 g/mol. The van der Waals surface area contributed by atoms with Crippen LogP contribution in [0.1, 0.15) is 31.8 Å². The summed E-state index contributed by atoms with van der Waals surface area (Å²) in [6.07, 6.45) is 0.564. The van der Waals surface area contributed by atoms with Crippen molar-refractivity contribution in [3.05, 3.63) is 58.4 Å². The Kier molecular flexibility index (Phi) is 4.79. The predicted molar refractivity (Wildman–Crippen MR) is 91.3 cm³/mol. The van der Waals surface area contributed by atoms with Gasteiger partial charge in [-0.25, -0.2) is 9.18 Å². The number of aromatic carboxylic acids is 1. The van der Waals surface area contributed by atoms with Crippen LogP contribution in [0.3, 0.4) is 0 Å². The maximum Gasteiger partial charge on any atom is 0.335 e. The highest BCUT2D eigenvalue weighted by atomic mass is 19.1. The van der Waals surface area contributed by atoms with E-state index in [0.29, 0.717) is 13.0 Å². The van der Waals surface area contributed by atoms with Crippen LogP contribution in [-0.4, -0.2) is 42.6 Å². The summed E-state index contributed by atoms with van der Waals surface area (Å²) in [7, 11) is 2.76. The van der Waals surface area contributed by atoms with Crippen LogP contribution in [-0.2, 0) is 13.0 Å². The molecule has 2 aromatic rings. The maximum atomic E-state index is 14.4. The lowest BCUT2D eigenvalue weighted by molar-refractivity contribution is 0.0696. The van der Waals surface area contributed by atoms with Crippen LogP contribution in [0.2, 0.25) is 0 Å². The summed E-state index contributed by atoms with van der Waals surface area (Å²) in [6.45, 7) is 0.604. The molecule has 1 heterocycles. The van der Waals surface area contributed by atoms with E-state index >= 15 is 0 Å². The third-order valence-corrected chi connectivity index (χ3v) is 4.46. The number of rotatable bonds is 4. The van der Waals surface area contributed by atoms with Gasteiger partial charge in [0.25, 0.3) is 5.91 Å². The number of nitrogens with zero attached hydrogens (tertiary/aromatic N) is 1. The summed E-state index contributed by atoms with van der Waals surface area (Å²) in [5.74, 6) is -1.94. The second-order valence-corrected chi connectivity index (χ2v) is 5.92. The number of carbonyl (C=O) groups excluding carboxylic acids is 1. The van der Waals surface area contributed by atoms with Crippen LogP contribution in [0.15, 0.2) is 30.3 Å². The Morgan fingerprint density at radius 1 is 1.12 bits per heavy atom. The smallest absolute Gasteiger partial charge is 0.335 e. The van der Waals surface area contributed by atoms with Crippen molar-refractivity contribution in [2.75, 3.05) is 20.8 Å². The fraction of sp³-hybridized carbons (Fsp3) is 0.263. The average Bonchev–Trinajstić information content (AvgIpc) is 2.66. The highest BCUT2D eigenvalue weighted by molar-refractivity contribution is 5.98. The molecule has 26 heavy (non-hydrogen) atoms. The molecule has 0 unspecified atom stereocenters. The van der Waals surface area contributed by atoms with Crippen molar-refractivity contribution in [3.63, 3.8) is 0 Å². The molecule has 0 aromatic heterocycles. The minimum atomic E-state index is -1.03. The number of ether oxygens (including phenoxy) is 2. The Labute approximate surface area is 149 Å². The fourth-order valence-corrected chi connectivity index (χ4v) is 3.12. The van der Waals surface area contributed by atoms with Crippen LogP contribution < -0.4 is 9.47 Å². The molecule has 1 N–H and O–H groups in total. The zero-order chi connectivity index (χ0) is 18.8. The van der Waals surface area contributed by atoms with Gasteiger partial charge in [-0.15, -0.1) is 0 Å². The van der Waals surface area contributed by atoms with E-state index < -0.39 is 17.7 Å². The lowest BCUT2D eigenvalue weighted by Gasteiger charge is -2.30. The van der Waals surface area contributed by atoms with E-state index in [4.69, 9.17) is 14.6 Å². The Bertz CT molecular complexity index is 880. The minimum absolute atomic E-state index is 0.0441. The standard InChI is InChI=1S/C19H18FNO5/c1-25-15-6-5-14(20)16(17(15)26-2)18(22)21-8-7-11-3-4-12(19(23)24)9-13(11)10-21/h3-6,9H,7-8,10H2,1-2H3,(H,23,24). The minimum Gasteiger partial charge on any atom is -0.493 e. The first kappa shape index (κ1) is 17.7. The van der Waals surface area contributed by atoms with Gasteiger partial charge in [-0.2, -0.15) is 0 Å². The number of carboxylic acids is 1. The molecule has 3 rings (SSSR count). The third-order valence-electron chi connectivity index (χ3n) is 4.46. The van der Waals surface area contributed by atoms with E-state index in [9.17, 15) is 14.0 Å². The molecule has 0 atom stereocenters. The molecule has 0 aliphatic carbocycles. The van der Waals surface area contributed by atoms with E-state index in [1.54, 1.807) is 18.2 Å². The zero-order valence-electron chi connectivity index (χ0n) is 14.4. The Hall–Kier alpha value is -3.09. The number of methoxy groups -OCH3 is 2. The molecule has 7 heteroatoms. The second kappa shape index (κ2) is 7.03. The molecule has 0 saturated carbocycles. The average molecular weight is 359 g/mol. The van der Waals surface area contributed by atoms with Crippen molar-refractivity contribution in [2.24, 2.45) is 0 Å². The van der Waals surface area contributed by atoms with E-state index in [-0.39, 0.29) is 29.2 Å². The second-order valence-electron chi connectivity index (χ2n) is 5.92. The predicted octanol–water partition coefficient (Wildman–Crippen LogP) is 2.74. The van der Waals surface area contributed by atoms with Gasteiger partial charge < -0.3 is 19.5 Å². The maximum absolute atomic E-state index is 14.4. The summed E-state index contributed by atoms with van der Waals surface area (Å²) < 4.78 is 24.7. The van der Waals surface area contributed by atoms with Crippen molar-refractivity contribution in [2.45, 2.75) is 13.0 Å². The van der Waals surface area contributed by atoms with Crippen LogP contribution in [0, 0.1) is 5.82 Å². The third kappa shape index (κ3) is 3.08. The first-order valence-electron chi connectivity index (χ1n) is 8.01. The summed E-state index contributed by atoms with van der Waals surface area (Å²) in [6, 6.07) is 7.41. The van der Waals surface area contributed by atoms with E-state index in [1.165, 1.54) is 25.2 Å². The van der Waals surface area contributed by atoms with Gasteiger partial charge in [0.2, 0.25) is 0 Å². The van der Waals surface area contributed by atoms with Gasteiger partial charge in [0.1, 0.15) is 11.4 Å². The number of amides is 1. The van der Waals surface area contributed by atoms with Crippen LogP contribution in [0.4, 0.5) is 4.39 Å². The molecule has 0 saturated heterocycles. The molecule has 0 spiro atoms. The molecule has 2 aromatic carbocycles. The van der Waals surface area contributed by atoms with Gasteiger partial charge in [0, 0.05) is 13.1 Å². The first-order chi connectivity index (χ1) is 12.5. The van der Waals surface area contributed by atoms with E-state index in [2.05, 4.69) is 0 Å². The number of benzene rings is 2. The van der Waals surface area contributed by atoms with Crippen LogP contribution in [0.25, 0.3) is 0 Å². The summed E-state index contributed by atoms with van der Waals surface area (Å²) in [5, 5.41) is 9.14. The molecule has 6 nitrogen and oxygen atoms in total. The zero-order valence-corrected chi connectivity index (χ0v) is 14.4. The monoisotopic (exact) mass is 359 g/mol. The number of hydrogen-bond donors (Lipinski definition) is 1. The number of carboxylic acid groups (broad SMARTS) is 1. The van der Waals surface area contributed by atoms with Crippen molar-refractivity contribution >= 4 is 11.9 Å². The van der Waals surface area contributed by atoms with Crippen molar-refractivity contribution in [1.29, 1.82) is 0 Å². The Morgan fingerprint density at radius 3 is 2.54 bits per heavy atom. The molecule has 1 amide bonds. The molecule has 136 valence electrons. The van der Waals surface area contributed by atoms with Gasteiger partial charge in [-0.05, 0) is 41.8 Å². The van der Waals surface area contributed by atoms with Gasteiger partial charge in [0.15, 0.2) is 11.5 Å². The normalized spacial score (nSPS) is 13.1. The number of fused-ring (bicyclic) bond motifs is 1. The Morgan fingerprint density at radius 2 is 1.88 bits per heavy atom. The van der Waals surface area contributed by atoms with Crippen molar-refractivity contribution in [3.8, 4) is 11.5 Å². The number of carbonyl (C=O) groups is 2. The number of halogens is 1. The molecule has 1 aliphatic rings. The lowest BCUT2D eigenvalue weighted by atomic mass is 9.96. The van der Waals surface area contributed by atoms with E-state index in [0.717, 1.165) is 17.2 Å². The van der Waals surface area contributed by atoms with E-state index in [1.807, 2.05) is 0 Å². The highest BCUT2D eigenvalue weighted by Gasteiger charge is 2.29. The van der Waals surface area contributed by atoms with Crippen LogP contribution >= 0.6 is 0 Å². The quantitative estimate of drug-likeness (QED) is 0.908. The SMILES string of the molecule is COc1ccc(F)c(C(=O)N2CCc3ccc(C(=O)O)cc3C2)c1OC. The van der Waals surface area contributed by atoms with Gasteiger partial charge in [-0.1, -0.05) is 6.07 Å². The van der Waals surface area contributed by atoms with Gasteiger partial charge in [0.05, 0.1) is 19.8 Å². The summed E-state index contributed by atoms with van der Waals surface area (Å²) in [5.41, 5.74) is 1.69. The van der Waals surface area contributed by atoms with Crippen molar-refractivity contribution in [1.82, 2.24) is 4.90 Å². The van der Waals surface area contributed by atoms with Gasteiger partial charge >= 0.3 is 5.97 Å². The summed E-state index contributed by atoms with van der Waals surface area (Å²) >= 11 is 0. The van der Waals surface area contributed by atoms with Crippen molar-refractivity contribution < 1.29 is 28.6 Å². The molecule has 1 aliphatic heterocycles. The summed E-state index contributed by atoms with van der Waals surface area (Å²) in [4.78, 5) is 25.6. The number of hydrogen-bond acceptors (Lipinski definition) is 4. The Balaban J connectivity index is 1.95.